The number of hydrogen-bond donors (Lipinski definition) is 2. The highest BCUT2D eigenvalue weighted by molar-refractivity contribution is 9.11. The molecule has 1 aromatic rings. The van der Waals surface area contributed by atoms with Gasteiger partial charge in [0.05, 0.1) is 17.6 Å². The van der Waals surface area contributed by atoms with Gasteiger partial charge in [0.25, 0.3) is 0 Å². The van der Waals surface area contributed by atoms with Crippen molar-refractivity contribution in [1.29, 1.82) is 0 Å². The number of hydrogen-bond acceptors (Lipinski definition) is 4. The first-order valence-electron chi connectivity index (χ1n) is 9.43. The van der Waals surface area contributed by atoms with Gasteiger partial charge in [-0.3, -0.25) is 4.79 Å². The van der Waals surface area contributed by atoms with Crippen LogP contribution in [0.5, 0.6) is 5.75 Å². The van der Waals surface area contributed by atoms with Gasteiger partial charge in [0.1, 0.15) is 5.75 Å². The van der Waals surface area contributed by atoms with Crippen LogP contribution in [0.2, 0.25) is 0 Å². The fourth-order valence-corrected chi connectivity index (χ4v) is 4.21. The summed E-state index contributed by atoms with van der Waals surface area (Å²) < 4.78 is 7.40. The molecule has 2 N–H and O–H groups in total. The van der Waals surface area contributed by atoms with E-state index in [1.165, 1.54) is 5.56 Å². The predicted molar refractivity (Wildman–Crippen MR) is 120 cm³/mol. The number of amides is 1. The van der Waals surface area contributed by atoms with Crippen molar-refractivity contribution >= 4 is 37.8 Å². The average molecular weight is 507 g/mol. The third kappa shape index (κ3) is 8.94. The van der Waals surface area contributed by atoms with E-state index in [4.69, 9.17) is 4.74 Å². The zero-order valence-corrected chi connectivity index (χ0v) is 20.2. The quantitative estimate of drug-likeness (QED) is 0.423. The molecule has 5 nitrogen and oxygen atoms in total. The van der Waals surface area contributed by atoms with Crippen LogP contribution >= 0.6 is 31.9 Å². The molecule has 0 fully saturated rings. The Morgan fingerprint density at radius 1 is 1.22 bits per heavy atom. The van der Waals surface area contributed by atoms with Crippen molar-refractivity contribution in [3.8, 4) is 5.75 Å². The molecule has 0 saturated carbocycles. The zero-order chi connectivity index (χ0) is 20.4. The van der Waals surface area contributed by atoms with Crippen LogP contribution in [0.15, 0.2) is 21.1 Å². The zero-order valence-electron chi connectivity index (χ0n) is 17.1. The van der Waals surface area contributed by atoms with Crippen LogP contribution in [-0.4, -0.2) is 57.7 Å². The van der Waals surface area contributed by atoms with Crippen molar-refractivity contribution in [3.05, 3.63) is 26.6 Å². The van der Waals surface area contributed by atoms with Crippen LogP contribution in [-0.2, 0) is 11.2 Å². The number of nitrogens with zero attached hydrogens (tertiary/aromatic N) is 1. The van der Waals surface area contributed by atoms with Crippen LogP contribution in [0.3, 0.4) is 0 Å². The van der Waals surface area contributed by atoms with Crippen LogP contribution in [0.25, 0.3) is 0 Å². The number of carbonyl (C=O) groups is 1. The Balaban J connectivity index is 2.34. The SMILES string of the molecule is CNC(CC(C)C)C(=O)NCCCN(C)CCc1cc(OC)c(Br)cc1Br. The van der Waals surface area contributed by atoms with Crippen LogP contribution in [0.1, 0.15) is 32.3 Å². The minimum absolute atomic E-state index is 0.0970. The molecule has 0 aliphatic rings. The maximum atomic E-state index is 12.2. The monoisotopic (exact) mass is 505 g/mol. The molecule has 7 heteroatoms. The first-order valence-corrected chi connectivity index (χ1v) is 11.0. The van der Waals surface area contributed by atoms with E-state index in [-0.39, 0.29) is 11.9 Å². The molecule has 0 aliphatic heterocycles. The molecule has 0 spiro atoms. The van der Waals surface area contributed by atoms with Gasteiger partial charge in [0, 0.05) is 17.6 Å². The Hall–Kier alpha value is -0.630. The highest BCUT2D eigenvalue weighted by Gasteiger charge is 2.17. The van der Waals surface area contributed by atoms with Crippen molar-refractivity contribution < 1.29 is 9.53 Å². The molecule has 1 amide bonds. The third-order valence-electron chi connectivity index (χ3n) is 4.47. The standard InChI is InChI=1S/C20H33Br2N3O2/c1-14(2)11-18(23-3)20(26)24-8-6-9-25(4)10-7-15-12-19(27-5)17(22)13-16(15)21/h12-14,18,23H,6-11H2,1-5H3,(H,24,26). The van der Waals surface area contributed by atoms with E-state index in [2.05, 4.69) is 74.4 Å². The molecule has 1 aromatic carbocycles. The lowest BCUT2D eigenvalue weighted by Crippen LogP contribution is -2.44. The molecule has 1 rings (SSSR count). The minimum atomic E-state index is -0.104. The summed E-state index contributed by atoms with van der Waals surface area (Å²) in [5.41, 5.74) is 1.22. The molecule has 0 heterocycles. The number of likely N-dealkylation sites (N-methyl/N-ethyl adjacent to an activating group) is 2. The molecular formula is C20H33Br2N3O2. The lowest BCUT2D eigenvalue weighted by molar-refractivity contribution is -0.123. The number of methoxy groups -OCH3 is 1. The Bertz CT molecular complexity index is 597. The lowest BCUT2D eigenvalue weighted by atomic mass is 10.0. The van der Waals surface area contributed by atoms with Gasteiger partial charge in [-0.1, -0.05) is 29.8 Å². The first-order chi connectivity index (χ1) is 12.8. The van der Waals surface area contributed by atoms with E-state index in [0.717, 1.165) is 47.0 Å². The van der Waals surface area contributed by atoms with Gasteiger partial charge in [-0.25, -0.2) is 0 Å². The molecule has 154 valence electrons. The molecule has 0 aliphatic carbocycles. The molecule has 0 aromatic heterocycles. The molecule has 0 saturated heterocycles. The summed E-state index contributed by atoms with van der Waals surface area (Å²) in [5.74, 6) is 1.44. The van der Waals surface area contributed by atoms with E-state index >= 15 is 0 Å². The molecular weight excluding hydrogens is 474 g/mol. The van der Waals surface area contributed by atoms with Crippen molar-refractivity contribution in [3.63, 3.8) is 0 Å². The van der Waals surface area contributed by atoms with Crippen molar-refractivity contribution in [1.82, 2.24) is 15.5 Å². The number of carbonyl (C=O) groups excluding carboxylic acids is 1. The van der Waals surface area contributed by atoms with Crippen LogP contribution in [0.4, 0.5) is 0 Å². The van der Waals surface area contributed by atoms with Gasteiger partial charge in [-0.05, 0) is 79.4 Å². The molecule has 27 heavy (non-hydrogen) atoms. The van der Waals surface area contributed by atoms with E-state index in [1.807, 2.05) is 13.1 Å². The number of rotatable bonds is 12. The van der Waals surface area contributed by atoms with Crippen molar-refractivity contribution in [2.24, 2.45) is 5.92 Å². The largest absolute Gasteiger partial charge is 0.496 e. The van der Waals surface area contributed by atoms with Gasteiger partial charge in [-0.15, -0.1) is 0 Å². The van der Waals surface area contributed by atoms with Gasteiger partial charge < -0.3 is 20.3 Å². The topological polar surface area (TPSA) is 53.6 Å². The van der Waals surface area contributed by atoms with Crippen LogP contribution < -0.4 is 15.4 Å². The number of halogens is 2. The summed E-state index contributed by atoms with van der Waals surface area (Å²) in [4.78, 5) is 14.5. The number of benzene rings is 1. The van der Waals surface area contributed by atoms with E-state index in [1.54, 1.807) is 7.11 Å². The summed E-state index contributed by atoms with van der Waals surface area (Å²) in [6, 6.07) is 3.99. The fourth-order valence-electron chi connectivity index (χ4n) is 2.85. The highest BCUT2D eigenvalue weighted by Crippen LogP contribution is 2.31. The molecule has 1 atom stereocenters. The summed E-state index contributed by atoms with van der Waals surface area (Å²) in [6.45, 7) is 6.86. The first kappa shape index (κ1) is 24.4. The van der Waals surface area contributed by atoms with Gasteiger partial charge in [0.2, 0.25) is 5.91 Å². The fraction of sp³-hybridized carbons (Fsp3) is 0.650. The number of nitrogens with one attached hydrogen (secondary N) is 2. The van der Waals surface area contributed by atoms with Gasteiger partial charge in [0.15, 0.2) is 0 Å². The van der Waals surface area contributed by atoms with E-state index in [0.29, 0.717) is 12.5 Å². The molecule has 0 radical (unpaired) electrons. The Labute approximate surface area is 180 Å². The minimum Gasteiger partial charge on any atom is -0.496 e. The second-order valence-corrected chi connectivity index (χ2v) is 8.96. The van der Waals surface area contributed by atoms with Crippen molar-refractivity contribution in [2.45, 2.75) is 39.2 Å². The predicted octanol–water partition coefficient (Wildman–Crippen LogP) is 3.83. The second kappa shape index (κ2) is 12.8. The third-order valence-corrected chi connectivity index (χ3v) is 5.83. The second-order valence-electron chi connectivity index (χ2n) is 7.25. The van der Waals surface area contributed by atoms with Crippen LogP contribution in [0, 0.1) is 5.92 Å². The van der Waals surface area contributed by atoms with Crippen molar-refractivity contribution in [2.75, 3.05) is 40.8 Å². The van der Waals surface area contributed by atoms with E-state index in [9.17, 15) is 4.79 Å². The maximum absolute atomic E-state index is 12.2. The Morgan fingerprint density at radius 3 is 2.52 bits per heavy atom. The summed E-state index contributed by atoms with van der Waals surface area (Å²) in [6.07, 6.45) is 2.72. The highest BCUT2D eigenvalue weighted by atomic mass is 79.9. The normalized spacial score (nSPS) is 12.5. The summed E-state index contributed by atoms with van der Waals surface area (Å²) >= 11 is 7.12. The Kier molecular flexibility index (Phi) is 11.5. The smallest absolute Gasteiger partial charge is 0.237 e. The summed E-state index contributed by atoms with van der Waals surface area (Å²) in [5, 5.41) is 6.14. The Morgan fingerprint density at radius 2 is 1.93 bits per heavy atom. The number of ether oxygens (including phenoxy) is 1. The van der Waals surface area contributed by atoms with E-state index < -0.39 is 0 Å². The molecule has 1 unspecified atom stereocenters. The molecule has 0 bridgehead atoms. The van der Waals surface area contributed by atoms with Gasteiger partial charge >= 0.3 is 0 Å². The lowest BCUT2D eigenvalue weighted by Gasteiger charge is -2.20. The maximum Gasteiger partial charge on any atom is 0.237 e. The average Bonchev–Trinajstić information content (AvgIpc) is 2.62. The summed E-state index contributed by atoms with van der Waals surface area (Å²) in [7, 11) is 5.63. The van der Waals surface area contributed by atoms with Gasteiger partial charge in [-0.2, -0.15) is 0 Å².